The Morgan fingerprint density at radius 2 is 2.12 bits per heavy atom. The number of hydrogen-bond donors (Lipinski definition) is 0. The highest BCUT2D eigenvalue weighted by Gasteiger charge is 2.21. The van der Waals surface area contributed by atoms with Crippen molar-refractivity contribution in [1.29, 1.82) is 0 Å². The summed E-state index contributed by atoms with van der Waals surface area (Å²) in [5.74, 6) is 0.439. The molecule has 86 valence electrons. The number of carbonyl (C=O) groups is 1. The molecule has 16 heavy (non-hydrogen) atoms. The number of halogens is 1. The van der Waals surface area contributed by atoms with E-state index >= 15 is 0 Å². The Morgan fingerprint density at radius 1 is 1.38 bits per heavy atom. The van der Waals surface area contributed by atoms with Crippen LogP contribution in [0, 0.1) is 9.49 Å². The van der Waals surface area contributed by atoms with E-state index in [0.29, 0.717) is 18.8 Å². The highest BCUT2D eigenvalue weighted by Crippen LogP contribution is 2.17. The number of hydrogen-bond acceptors (Lipinski definition) is 2. The predicted molar refractivity (Wildman–Crippen MR) is 71.4 cm³/mol. The van der Waals surface area contributed by atoms with Gasteiger partial charge in [-0.2, -0.15) is 0 Å². The summed E-state index contributed by atoms with van der Waals surface area (Å²) in [6, 6.07) is 8.15. The number of rotatable bonds is 3. The van der Waals surface area contributed by atoms with E-state index in [-0.39, 0.29) is 5.92 Å². The molecule has 1 fully saturated rings. The van der Waals surface area contributed by atoms with Gasteiger partial charge in [-0.15, -0.1) is 0 Å². The molecule has 1 heterocycles. The first-order chi connectivity index (χ1) is 7.75. The van der Waals surface area contributed by atoms with Crippen LogP contribution in [0.2, 0.25) is 0 Å². The minimum absolute atomic E-state index is 0.119. The van der Waals surface area contributed by atoms with Crippen molar-refractivity contribution in [2.75, 3.05) is 13.2 Å². The van der Waals surface area contributed by atoms with Crippen LogP contribution in [0.5, 0.6) is 0 Å². The molecule has 0 aromatic heterocycles. The number of benzene rings is 1. The van der Waals surface area contributed by atoms with Crippen LogP contribution in [0.4, 0.5) is 0 Å². The molecule has 1 aliphatic heterocycles. The molecule has 1 aromatic carbocycles. The molecule has 0 bridgehead atoms. The molecule has 1 atom stereocenters. The van der Waals surface area contributed by atoms with Crippen molar-refractivity contribution in [3.63, 3.8) is 0 Å². The fourth-order valence-electron chi connectivity index (χ4n) is 1.94. The van der Waals surface area contributed by atoms with Crippen molar-refractivity contribution in [3.05, 3.63) is 33.4 Å². The second kappa shape index (κ2) is 5.77. The molecule has 3 heteroatoms. The molecule has 1 saturated heterocycles. The Labute approximate surface area is 110 Å². The van der Waals surface area contributed by atoms with Gasteiger partial charge < -0.3 is 4.74 Å². The lowest BCUT2D eigenvalue weighted by molar-refractivity contribution is -0.126. The molecule has 0 spiro atoms. The van der Waals surface area contributed by atoms with Gasteiger partial charge in [-0.05, 0) is 53.1 Å². The van der Waals surface area contributed by atoms with Gasteiger partial charge in [-0.25, -0.2) is 0 Å². The summed E-state index contributed by atoms with van der Waals surface area (Å²) in [6.45, 7) is 1.43. The Bertz CT molecular complexity index is 353. The molecule has 0 amide bonds. The monoisotopic (exact) mass is 330 g/mol. The number of Topliss-reactive ketones (excluding diaryl/α,β-unsaturated/α-hetero) is 1. The third-order valence-electron chi connectivity index (χ3n) is 2.91. The van der Waals surface area contributed by atoms with E-state index in [2.05, 4.69) is 22.6 Å². The Morgan fingerprint density at radius 3 is 2.75 bits per heavy atom. The second-order valence-electron chi connectivity index (χ2n) is 4.18. The largest absolute Gasteiger partial charge is 0.381 e. The molecular formula is C13H15IO2. The maximum atomic E-state index is 12.0. The first-order valence-corrected chi connectivity index (χ1v) is 6.68. The summed E-state index contributed by atoms with van der Waals surface area (Å²) in [5.41, 5.74) is 1.11. The molecule has 0 N–H and O–H groups in total. The van der Waals surface area contributed by atoms with Crippen molar-refractivity contribution in [3.8, 4) is 0 Å². The van der Waals surface area contributed by atoms with E-state index in [4.69, 9.17) is 4.74 Å². The molecular weight excluding hydrogens is 315 g/mol. The summed E-state index contributed by atoms with van der Waals surface area (Å²) in [4.78, 5) is 12.0. The third-order valence-corrected chi connectivity index (χ3v) is 3.63. The van der Waals surface area contributed by atoms with Crippen LogP contribution < -0.4 is 0 Å². The van der Waals surface area contributed by atoms with Gasteiger partial charge in [0.2, 0.25) is 0 Å². The maximum Gasteiger partial charge on any atom is 0.142 e. The van der Waals surface area contributed by atoms with Crippen molar-refractivity contribution in [2.24, 2.45) is 5.92 Å². The van der Waals surface area contributed by atoms with Crippen LogP contribution in [0.3, 0.4) is 0 Å². The van der Waals surface area contributed by atoms with E-state index in [1.165, 1.54) is 3.57 Å². The van der Waals surface area contributed by atoms with Gasteiger partial charge in [0.1, 0.15) is 5.78 Å². The van der Waals surface area contributed by atoms with Crippen molar-refractivity contribution < 1.29 is 9.53 Å². The smallest absolute Gasteiger partial charge is 0.142 e. The van der Waals surface area contributed by atoms with E-state index in [0.717, 1.165) is 25.0 Å². The molecule has 0 saturated carbocycles. The molecule has 2 rings (SSSR count). The van der Waals surface area contributed by atoms with Crippen molar-refractivity contribution in [2.45, 2.75) is 19.3 Å². The average molecular weight is 330 g/mol. The number of ketones is 1. The molecule has 0 radical (unpaired) electrons. The summed E-state index contributed by atoms with van der Waals surface area (Å²) in [5, 5.41) is 0. The first kappa shape index (κ1) is 12.0. The van der Waals surface area contributed by atoms with E-state index in [1.54, 1.807) is 0 Å². The summed E-state index contributed by atoms with van der Waals surface area (Å²) < 4.78 is 6.54. The summed E-state index contributed by atoms with van der Waals surface area (Å²) in [7, 11) is 0. The van der Waals surface area contributed by atoms with Gasteiger partial charge >= 0.3 is 0 Å². The first-order valence-electron chi connectivity index (χ1n) is 5.60. The molecule has 0 aliphatic carbocycles. The minimum Gasteiger partial charge on any atom is -0.381 e. The standard InChI is InChI=1S/C13H15IO2/c14-12-5-3-10(4-6-12)8-13(15)11-2-1-7-16-9-11/h3-6,11H,1-2,7-9H2. The van der Waals surface area contributed by atoms with Crippen LogP contribution in [-0.2, 0) is 16.0 Å². The predicted octanol–water partition coefficient (Wildman–Crippen LogP) is 2.83. The lowest BCUT2D eigenvalue weighted by atomic mass is 9.93. The highest BCUT2D eigenvalue weighted by atomic mass is 127. The van der Waals surface area contributed by atoms with Crippen LogP contribution >= 0.6 is 22.6 Å². The Kier molecular flexibility index (Phi) is 4.35. The van der Waals surface area contributed by atoms with Crippen LogP contribution in [0.1, 0.15) is 18.4 Å². The van der Waals surface area contributed by atoms with Crippen molar-refractivity contribution >= 4 is 28.4 Å². The van der Waals surface area contributed by atoms with Crippen LogP contribution in [-0.4, -0.2) is 19.0 Å². The van der Waals surface area contributed by atoms with Crippen LogP contribution in [0.15, 0.2) is 24.3 Å². The lowest BCUT2D eigenvalue weighted by Gasteiger charge is -2.20. The zero-order valence-corrected chi connectivity index (χ0v) is 11.3. The van der Waals surface area contributed by atoms with Gasteiger partial charge in [-0.3, -0.25) is 4.79 Å². The zero-order chi connectivity index (χ0) is 11.4. The van der Waals surface area contributed by atoms with Crippen LogP contribution in [0.25, 0.3) is 0 Å². The van der Waals surface area contributed by atoms with Gasteiger partial charge in [0.05, 0.1) is 6.61 Å². The third kappa shape index (κ3) is 3.28. The molecule has 1 aliphatic rings. The number of carbonyl (C=O) groups excluding carboxylic acids is 1. The van der Waals surface area contributed by atoms with Gasteiger partial charge in [0, 0.05) is 22.5 Å². The SMILES string of the molecule is O=C(Cc1ccc(I)cc1)C1CCCOC1. The van der Waals surface area contributed by atoms with E-state index in [1.807, 2.05) is 24.3 Å². The second-order valence-corrected chi connectivity index (χ2v) is 5.43. The summed E-state index contributed by atoms with van der Waals surface area (Å²) in [6.07, 6.45) is 2.55. The highest BCUT2D eigenvalue weighted by molar-refractivity contribution is 14.1. The van der Waals surface area contributed by atoms with E-state index in [9.17, 15) is 4.79 Å². The lowest BCUT2D eigenvalue weighted by Crippen LogP contribution is -2.26. The fourth-order valence-corrected chi connectivity index (χ4v) is 2.30. The van der Waals surface area contributed by atoms with Gasteiger partial charge in [0.25, 0.3) is 0 Å². The Balaban J connectivity index is 1.93. The fraction of sp³-hybridized carbons (Fsp3) is 0.462. The average Bonchev–Trinajstić information content (AvgIpc) is 2.33. The van der Waals surface area contributed by atoms with Gasteiger partial charge in [0.15, 0.2) is 0 Å². The molecule has 2 nitrogen and oxygen atoms in total. The topological polar surface area (TPSA) is 26.3 Å². The summed E-state index contributed by atoms with van der Waals surface area (Å²) >= 11 is 2.27. The van der Waals surface area contributed by atoms with Gasteiger partial charge in [-0.1, -0.05) is 12.1 Å². The molecule has 1 unspecified atom stereocenters. The van der Waals surface area contributed by atoms with E-state index < -0.39 is 0 Å². The zero-order valence-electron chi connectivity index (χ0n) is 9.12. The molecule has 1 aromatic rings. The quantitative estimate of drug-likeness (QED) is 0.797. The number of ether oxygens (including phenoxy) is 1. The van der Waals surface area contributed by atoms with Crippen molar-refractivity contribution in [1.82, 2.24) is 0 Å². The normalized spacial score (nSPS) is 20.7. The minimum atomic E-state index is 0.119. The Hall–Kier alpha value is -0.420. The maximum absolute atomic E-state index is 12.0.